The van der Waals surface area contributed by atoms with Gasteiger partial charge < -0.3 is 19.7 Å². The number of fused-ring (bicyclic) bond motifs is 1. The Morgan fingerprint density at radius 1 is 1.14 bits per heavy atom. The molecule has 3 aromatic rings. The summed E-state index contributed by atoms with van der Waals surface area (Å²) in [7, 11) is 0. The molecule has 0 fully saturated rings. The SMILES string of the molecule is CC(C)(C)OC(=O)N[C@H]1CSc2cc(F)c(C#N)cc2N(Cc2ccc(Oc3ccccc3)cc2)C1=O. The second kappa shape index (κ2) is 10.9. The molecule has 1 aliphatic heterocycles. The Labute approximate surface area is 219 Å². The summed E-state index contributed by atoms with van der Waals surface area (Å²) in [4.78, 5) is 28.0. The smallest absolute Gasteiger partial charge is 0.408 e. The van der Waals surface area contributed by atoms with E-state index in [1.54, 1.807) is 32.9 Å². The largest absolute Gasteiger partial charge is 0.457 e. The summed E-state index contributed by atoms with van der Waals surface area (Å²) in [5.41, 5.74) is 0.293. The molecule has 0 saturated heterocycles. The number of carbonyl (C=O) groups is 2. The minimum Gasteiger partial charge on any atom is -0.457 e. The number of nitrogens with one attached hydrogen (secondary N) is 1. The number of thioether (sulfide) groups is 1. The van der Waals surface area contributed by atoms with Crippen LogP contribution in [0.25, 0.3) is 0 Å². The lowest BCUT2D eigenvalue weighted by Crippen LogP contribution is -2.50. The van der Waals surface area contributed by atoms with Crippen LogP contribution in [0.2, 0.25) is 0 Å². The second-order valence-electron chi connectivity index (χ2n) is 9.40. The van der Waals surface area contributed by atoms with Gasteiger partial charge in [0.15, 0.2) is 0 Å². The Kier molecular flexibility index (Phi) is 7.69. The number of carbonyl (C=O) groups excluding carboxylic acids is 2. The number of nitriles is 1. The van der Waals surface area contributed by atoms with Gasteiger partial charge >= 0.3 is 6.09 Å². The molecule has 37 heavy (non-hydrogen) atoms. The predicted molar refractivity (Wildman–Crippen MR) is 139 cm³/mol. The molecule has 4 rings (SSSR count). The Balaban J connectivity index is 1.61. The number of nitrogens with zero attached hydrogens (tertiary/aromatic N) is 2. The average molecular weight is 520 g/mol. The van der Waals surface area contributed by atoms with Gasteiger partial charge in [-0.2, -0.15) is 5.26 Å². The van der Waals surface area contributed by atoms with Gasteiger partial charge in [0.2, 0.25) is 0 Å². The molecular weight excluding hydrogens is 493 g/mol. The molecule has 1 N–H and O–H groups in total. The van der Waals surface area contributed by atoms with E-state index in [1.165, 1.54) is 28.8 Å². The second-order valence-corrected chi connectivity index (χ2v) is 10.5. The van der Waals surface area contributed by atoms with Crippen molar-refractivity contribution < 1.29 is 23.5 Å². The fourth-order valence-electron chi connectivity index (χ4n) is 3.69. The van der Waals surface area contributed by atoms with Crippen LogP contribution in [0.3, 0.4) is 0 Å². The molecule has 9 heteroatoms. The lowest BCUT2D eigenvalue weighted by Gasteiger charge is -2.27. The maximum absolute atomic E-state index is 14.4. The van der Waals surface area contributed by atoms with Crippen molar-refractivity contribution in [2.45, 2.75) is 43.9 Å². The summed E-state index contributed by atoms with van der Waals surface area (Å²) in [5.74, 6) is 0.452. The molecule has 0 aromatic heterocycles. The normalized spacial score (nSPS) is 15.3. The Hall–Kier alpha value is -4.03. The Morgan fingerprint density at radius 2 is 1.81 bits per heavy atom. The first-order valence-electron chi connectivity index (χ1n) is 11.6. The maximum Gasteiger partial charge on any atom is 0.408 e. The highest BCUT2D eigenvalue weighted by Crippen LogP contribution is 2.37. The molecule has 3 aromatic carbocycles. The number of rotatable bonds is 5. The predicted octanol–water partition coefficient (Wildman–Crippen LogP) is 6.02. The molecule has 190 valence electrons. The summed E-state index contributed by atoms with van der Waals surface area (Å²) < 4.78 is 25.6. The van der Waals surface area contributed by atoms with Crippen LogP contribution in [-0.4, -0.2) is 29.4 Å². The molecule has 0 bridgehead atoms. The van der Waals surface area contributed by atoms with E-state index in [0.717, 1.165) is 5.56 Å². The van der Waals surface area contributed by atoms with Crippen molar-refractivity contribution in [3.63, 3.8) is 0 Å². The molecule has 1 heterocycles. The van der Waals surface area contributed by atoms with Gasteiger partial charge in [-0.1, -0.05) is 30.3 Å². The molecular formula is C28H26FN3O4S. The fourth-order valence-corrected chi connectivity index (χ4v) is 4.77. The number of anilines is 1. The van der Waals surface area contributed by atoms with Gasteiger partial charge in [0.1, 0.15) is 35.0 Å². The standard InChI is InChI=1S/C28H26FN3O4S/c1-28(2,3)36-27(34)31-23-17-37-25-14-22(29)19(15-30)13-24(25)32(26(23)33)16-18-9-11-21(12-10-18)35-20-7-5-4-6-8-20/h4-14,23H,16-17H2,1-3H3,(H,31,34)/t23-/m0/s1. The van der Waals surface area contributed by atoms with Crippen LogP contribution in [0.5, 0.6) is 11.5 Å². The molecule has 0 radical (unpaired) electrons. The number of ether oxygens (including phenoxy) is 2. The van der Waals surface area contributed by atoms with Gasteiger partial charge in [-0.3, -0.25) is 4.79 Å². The van der Waals surface area contributed by atoms with Crippen molar-refractivity contribution in [1.82, 2.24) is 5.32 Å². The number of amides is 2. The van der Waals surface area contributed by atoms with E-state index in [2.05, 4.69) is 5.32 Å². The van der Waals surface area contributed by atoms with Crippen LogP contribution in [0.1, 0.15) is 31.9 Å². The number of para-hydroxylation sites is 1. The van der Waals surface area contributed by atoms with Crippen LogP contribution in [0.15, 0.2) is 71.6 Å². The third-order valence-corrected chi connectivity index (χ3v) is 6.50. The molecule has 1 aliphatic rings. The summed E-state index contributed by atoms with van der Waals surface area (Å²) in [6.07, 6.45) is -0.719. The zero-order valence-electron chi connectivity index (χ0n) is 20.7. The molecule has 1 atom stereocenters. The van der Waals surface area contributed by atoms with Crippen molar-refractivity contribution in [3.8, 4) is 17.6 Å². The lowest BCUT2D eigenvalue weighted by molar-refractivity contribution is -0.120. The van der Waals surface area contributed by atoms with E-state index in [1.807, 2.05) is 48.5 Å². The summed E-state index contributed by atoms with van der Waals surface area (Å²) >= 11 is 1.23. The molecule has 7 nitrogen and oxygen atoms in total. The maximum atomic E-state index is 14.4. The third kappa shape index (κ3) is 6.60. The zero-order chi connectivity index (χ0) is 26.6. The van der Waals surface area contributed by atoms with E-state index >= 15 is 0 Å². The molecule has 0 aliphatic carbocycles. The van der Waals surface area contributed by atoms with Gasteiger partial charge in [0.05, 0.1) is 17.8 Å². The van der Waals surface area contributed by atoms with Crippen molar-refractivity contribution in [3.05, 3.63) is 83.7 Å². The van der Waals surface area contributed by atoms with E-state index < -0.39 is 29.5 Å². The topological polar surface area (TPSA) is 91.7 Å². The quantitative estimate of drug-likeness (QED) is 0.443. The number of benzene rings is 3. The van der Waals surface area contributed by atoms with Crippen molar-refractivity contribution in [1.29, 1.82) is 5.26 Å². The molecule has 0 unspecified atom stereocenters. The minimum absolute atomic E-state index is 0.140. The van der Waals surface area contributed by atoms with E-state index in [0.29, 0.717) is 22.1 Å². The van der Waals surface area contributed by atoms with Crippen LogP contribution in [-0.2, 0) is 16.1 Å². The van der Waals surface area contributed by atoms with Gasteiger partial charge in [-0.15, -0.1) is 11.8 Å². The van der Waals surface area contributed by atoms with E-state index in [4.69, 9.17) is 9.47 Å². The third-order valence-electron chi connectivity index (χ3n) is 5.36. The Bertz CT molecular complexity index is 1330. The van der Waals surface area contributed by atoms with Crippen molar-refractivity contribution in [2.24, 2.45) is 0 Å². The highest BCUT2D eigenvalue weighted by Gasteiger charge is 2.34. The highest BCUT2D eigenvalue weighted by atomic mass is 32.2. The average Bonchev–Trinajstić information content (AvgIpc) is 2.96. The number of alkyl carbamates (subject to hydrolysis) is 1. The summed E-state index contributed by atoms with van der Waals surface area (Å²) in [6, 6.07) is 20.2. The van der Waals surface area contributed by atoms with Crippen LogP contribution < -0.4 is 15.0 Å². The van der Waals surface area contributed by atoms with Crippen LogP contribution in [0.4, 0.5) is 14.9 Å². The van der Waals surface area contributed by atoms with Crippen molar-refractivity contribution in [2.75, 3.05) is 10.7 Å². The van der Waals surface area contributed by atoms with Crippen LogP contribution >= 0.6 is 11.8 Å². The molecule has 2 amide bonds. The fraction of sp³-hybridized carbons (Fsp3) is 0.250. The first-order valence-corrected chi connectivity index (χ1v) is 12.6. The van der Waals surface area contributed by atoms with E-state index in [-0.39, 0.29) is 17.9 Å². The number of hydrogen-bond donors (Lipinski definition) is 1. The van der Waals surface area contributed by atoms with Gasteiger partial charge in [-0.05, 0) is 62.7 Å². The van der Waals surface area contributed by atoms with E-state index in [9.17, 15) is 19.2 Å². The van der Waals surface area contributed by atoms with Gasteiger partial charge in [0, 0.05) is 10.6 Å². The lowest BCUT2D eigenvalue weighted by atomic mass is 10.1. The molecule has 0 spiro atoms. The van der Waals surface area contributed by atoms with Gasteiger partial charge in [-0.25, -0.2) is 9.18 Å². The van der Waals surface area contributed by atoms with Crippen molar-refractivity contribution >= 4 is 29.4 Å². The summed E-state index contributed by atoms with van der Waals surface area (Å²) in [6.45, 7) is 5.34. The monoisotopic (exact) mass is 519 g/mol. The first kappa shape index (κ1) is 26.0. The summed E-state index contributed by atoms with van der Waals surface area (Å²) in [5, 5.41) is 12.0. The minimum atomic E-state index is -0.915. The number of hydrogen-bond acceptors (Lipinski definition) is 6. The molecule has 0 saturated carbocycles. The number of halogens is 1. The highest BCUT2D eigenvalue weighted by molar-refractivity contribution is 7.99. The van der Waals surface area contributed by atoms with Gasteiger partial charge in [0.25, 0.3) is 5.91 Å². The zero-order valence-corrected chi connectivity index (χ0v) is 21.5. The van der Waals surface area contributed by atoms with Crippen LogP contribution in [0, 0.1) is 17.1 Å². The first-order chi connectivity index (χ1) is 17.6. The Morgan fingerprint density at radius 3 is 2.46 bits per heavy atom.